The number of hydrogen-bond acceptors (Lipinski definition) is 8. The molecule has 0 heterocycles. The van der Waals surface area contributed by atoms with Crippen LogP contribution in [0.15, 0.2) is 0 Å². The van der Waals surface area contributed by atoms with Gasteiger partial charge in [0, 0.05) is 6.42 Å². The first kappa shape index (κ1) is 28.3. The van der Waals surface area contributed by atoms with Crippen molar-refractivity contribution in [3.63, 3.8) is 0 Å². The fourth-order valence-electron chi connectivity index (χ4n) is 2.99. The van der Waals surface area contributed by atoms with Gasteiger partial charge in [-0.25, -0.2) is 0 Å². The summed E-state index contributed by atoms with van der Waals surface area (Å²) in [5.41, 5.74) is 5.10. The lowest BCUT2D eigenvalue weighted by Gasteiger charge is -2.29. The first-order valence-electron chi connectivity index (χ1n) is 10.6. The first-order chi connectivity index (χ1) is 13.8. The molecule has 0 radical (unpaired) electrons. The summed E-state index contributed by atoms with van der Waals surface area (Å²) in [4.78, 5) is 23.0. The van der Waals surface area contributed by atoms with Crippen LogP contribution in [0, 0.1) is 0 Å². The van der Waals surface area contributed by atoms with Gasteiger partial charge in [0.15, 0.2) is 5.41 Å². The number of aliphatic hydroxyl groups excluding tert-OH is 4. The average Bonchev–Trinajstić information content (AvgIpc) is 2.70. The maximum Gasteiger partial charge on any atom is 0.224 e. The molecule has 172 valence electrons. The van der Waals surface area contributed by atoms with E-state index in [1.807, 2.05) is 6.55 Å². The van der Waals surface area contributed by atoms with Gasteiger partial charge in [0.1, 0.15) is 28.1 Å². The molecular weight excluding hydrogens is 412 g/mol. The standard InChI is InChI=1S/C18H40N2O7Si2/c1-28-27-29-18(26)15(17(25)16(24)13(22)12-21)20-11-9-7-5-3-2-4-6-8-10-14(19)23/h13,15-17,20-22,24-25H,2-12,28-29H2,1H3,(H2,19,23)/t13-,15-,16-,17-/m1/s1. The molecule has 0 aromatic rings. The largest absolute Gasteiger partial charge is 0.460 e. The molecule has 4 atom stereocenters. The Morgan fingerprint density at radius 1 is 0.966 bits per heavy atom. The molecule has 0 rings (SSSR count). The molecule has 0 aromatic carbocycles. The fraction of sp³-hybridized carbons (Fsp3) is 0.889. The van der Waals surface area contributed by atoms with Crippen LogP contribution in [-0.2, 0) is 13.7 Å². The van der Waals surface area contributed by atoms with Crippen molar-refractivity contribution in [1.82, 2.24) is 5.32 Å². The monoisotopic (exact) mass is 452 g/mol. The Balaban J connectivity index is 4.13. The van der Waals surface area contributed by atoms with Crippen molar-refractivity contribution in [1.29, 1.82) is 0 Å². The highest BCUT2D eigenvalue weighted by Gasteiger charge is 2.34. The molecule has 0 bridgehead atoms. The van der Waals surface area contributed by atoms with E-state index >= 15 is 0 Å². The number of aliphatic hydroxyl groups is 4. The molecule has 9 nitrogen and oxygen atoms in total. The molecule has 0 aliphatic rings. The number of unbranched alkanes of at least 4 members (excludes halogenated alkanes) is 7. The summed E-state index contributed by atoms with van der Waals surface area (Å²) in [7, 11) is -2.18. The van der Waals surface area contributed by atoms with Crippen LogP contribution in [0.5, 0.6) is 0 Å². The lowest BCUT2D eigenvalue weighted by Crippen LogP contribution is -2.56. The minimum absolute atomic E-state index is 0.244. The number of carbonyl (C=O) groups excluding carboxylic acids is 2. The van der Waals surface area contributed by atoms with Crippen molar-refractivity contribution in [3.05, 3.63) is 0 Å². The van der Waals surface area contributed by atoms with Gasteiger partial charge in [0.25, 0.3) is 0 Å². The Morgan fingerprint density at radius 3 is 2.03 bits per heavy atom. The van der Waals surface area contributed by atoms with Crippen molar-refractivity contribution >= 4 is 30.8 Å². The summed E-state index contributed by atoms with van der Waals surface area (Å²) in [6.07, 6.45) is 3.86. The Morgan fingerprint density at radius 2 is 1.52 bits per heavy atom. The number of carbonyl (C=O) groups is 2. The number of nitrogens with two attached hydrogens (primary N) is 1. The number of nitrogens with one attached hydrogen (secondary N) is 1. The third-order valence-corrected chi connectivity index (χ3v) is 7.96. The smallest absolute Gasteiger partial charge is 0.224 e. The van der Waals surface area contributed by atoms with Crippen LogP contribution in [0.4, 0.5) is 0 Å². The molecule has 7 N–H and O–H groups in total. The zero-order valence-corrected chi connectivity index (χ0v) is 20.4. The van der Waals surface area contributed by atoms with Gasteiger partial charge in [-0.1, -0.05) is 45.1 Å². The molecule has 0 fully saturated rings. The molecule has 11 heteroatoms. The Bertz CT molecular complexity index is 446. The highest BCUT2D eigenvalue weighted by atomic mass is 28.3. The SMILES string of the molecule is C[SiH2]O[SiH2]C(=O)[C@H](NCCCCCCCCCCC(N)=O)[C@@H](O)[C@H](O)[C@H](O)CO. The predicted molar refractivity (Wildman–Crippen MR) is 117 cm³/mol. The van der Waals surface area contributed by atoms with Gasteiger partial charge in [0.2, 0.25) is 15.7 Å². The molecule has 29 heavy (non-hydrogen) atoms. The van der Waals surface area contributed by atoms with Gasteiger partial charge in [-0.05, 0) is 19.4 Å². The Labute approximate surface area is 178 Å². The van der Waals surface area contributed by atoms with Crippen molar-refractivity contribution in [2.45, 2.75) is 88.7 Å². The molecule has 0 unspecified atom stereocenters. The van der Waals surface area contributed by atoms with Gasteiger partial charge in [-0.15, -0.1) is 0 Å². The Kier molecular flexibility index (Phi) is 17.7. The number of rotatable bonds is 20. The summed E-state index contributed by atoms with van der Waals surface area (Å²) in [6, 6.07) is -0.997. The van der Waals surface area contributed by atoms with Gasteiger partial charge in [-0.3, -0.25) is 4.79 Å². The topological polar surface area (TPSA) is 162 Å². The third kappa shape index (κ3) is 14.1. The summed E-state index contributed by atoms with van der Waals surface area (Å²) >= 11 is 0. The van der Waals surface area contributed by atoms with E-state index in [1.165, 1.54) is 0 Å². The number of primary amides is 1. The maximum atomic E-state index is 12.3. The molecule has 0 aliphatic carbocycles. The van der Waals surface area contributed by atoms with Crippen molar-refractivity contribution < 1.29 is 34.1 Å². The molecule has 0 aromatic heterocycles. The predicted octanol–water partition coefficient (Wildman–Crippen LogP) is -2.23. The third-order valence-electron chi connectivity index (χ3n) is 4.78. The van der Waals surface area contributed by atoms with Crippen LogP contribution < -0.4 is 11.1 Å². The lowest BCUT2D eigenvalue weighted by atomic mass is 10.0. The normalized spacial score (nSPS) is 16.4. The zero-order chi connectivity index (χ0) is 22.1. The summed E-state index contributed by atoms with van der Waals surface area (Å²) in [6.45, 7) is 1.73. The van der Waals surface area contributed by atoms with Crippen molar-refractivity contribution in [2.75, 3.05) is 13.2 Å². The number of hydrogen-bond donors (Lipinski definition) is 6. The van der Waals surface area contributed by atoms with Crippen molar-refractivity contribution in [3.8, 4) is 0 Å². The van der Waals surface area contributed by atoms with Crippen LogP contribution in [0.25, 0.3) is 0 Å². The van der Waals surface area contributed by atoms with Crippen LogP contribution in [0.3, 0.4) is 0 Å². The van der Waals surface area contributed by atoms with E-state index in [-0.39, 0.29) is 11.3 Å². The fourth-order valence-corrected chi connectivity index (χ4v) is 5.18. The first-order valence-corrected chi connectivity index (χ1v) is 13.9. The van der Waals surface area contributed by atoms with E-state index < -0.39 is 50.5 Å². The van der Waals surface area contributed by atoms with E-state index in [0.29, 0.717) is 13.0 Å². The number of amides is 1. The van der Waals surface area contributed by atoms with Gasteiger partial charge in [0.05, 0.1) is 12.6 Å². The molecule has 0 spiro atoms. The van der Waals surface area contributed by atoms with E-state index in [0.717, 1.165) is 51.4 Å². The van der Waals surface area contributed by atoms with Gasteiger partial charge >= 0.3 is 0 Å². The summed E-state index contributed by atoms with van der Waals surface area (Å²) in [5.74, 6) is -0.246. The average molecular weight is 453 g/mol. The van der Waals surface area contributed by atoms with Crippen LogP contribution in [0.1, 0.15) is 57.8 Å². The van der Waals surface area contributed by atoms with Crippen molar-refractivity contribution in [2.24, 2.45) is 5.73 Å². The maximum absolute atomic E-state index is 12.3. The molecule has 0 saturated heterocycles. The van der Waals surface area contributed by atoms with Gasteiger partial charge in [-0.2, -0.15) is 0 Å². The van der Waals surface area contributed by atoms with E-state index in [1.54, 1.807) is 0 Å². The minimum Gasteiger partial charge on any atom is -0.460 e. The highest BCUT2D eigenvalue weighted by Crippen LogP contribution is 2.10. The second kappa shape index (κ2) is 18.1. The van der Waals surface area contributed by atoms with Crippen LogP contribution in [0.2, 0.25) is 6.55 Å². The minimum atomic E-state index is -1.61. The highest BCUT2D eigenvalue weighted by molar-refractivity contribution is 6.73. The second-order valence-electron chi connectivity index (χ2n) is 7.31. The summed E-state index contributed by atoms with van der Waals surface area (Å²) < 4.78 is 5.36. The lowest BCUT2D eigenvalue weighted by molar-refractivity contribution is -0.125. The zero-order valence-electron chi connectivity index (χ0n) is 17.6. The Hall–Kier alpha value is -0.666. The molecular formula is C18H40N2O7Si2. The summed E-state index contributed by atoms with van der Waals surface area (Å²) in [5, 5.41) is 41.4. The molecule has 1 amide bonds. The van der Waals surface area contributed by atoms with E-state index in [4.69, 9.17) is 15.0 Å². The molecule has 0 saturated carbocycles. The second-order valence-corrected chi connectivity index (χ2v) is 10.5. The van der Waals surface area contributed by atoms with Gasteiger partial charge < -0.3 is 40.4 Å². The molecule has 0 aliphatic heterocycles. The van der Waals surface area contributed by atoms with Crippen LogP contribution in [-0.4, -0.2) is 88.8 Å². The van der Waals surface area contributed by atoms with Crippen LogP contribution >= 0.6 is 0 Å². The quantitative estimate of drug-likeness (QED) is 0.0893. The van der Waals surface area contributed by atoms with E-state index in [9.17, 15) is 24.9 Å². The van der Waals surface area contributed by atoms with E-state index in [2.05, 4.69) is 5.32 Å².